The molecule has 0 fully saturated rings. The molecular weight excluding hydrogens is 256 g/mol. The van der Waals surface area contributed by atoms with Crippen molar-refractivity contribution in [3.8, 4) is 0 Å². The standard InChI is InChI=1S/C18H24O.C2H6/c1-9-17(11-15(7)13(4)5)18(19)16(8)10-14(6)12(2)3;1-2/h9-11H,1-2,8H2,3-7H3;1-2H3/b14-10-,17-11+;. The van der Waals surface area contributed by atoms with Crippen molar-refractivity contribution in [3.63, 3.8) is 0 Å². The van der Waals surface area contributed by atoms with Crippen molar-refractivity contribution in [2.24, 2.45) is 0 Å². The minimum Gasteiger partial charge on any atom is -0.289 e. The average molecular weight is 286 g/mol. The number of hydrogen-bond acceptors (Lipinski definition) is 1. The number of Topliss-reactive ketones (excluding diaryl/α,β-unsaturated/α-hetero) is 1. The molecule has 116 valence electrons. The predicted octanol–water partition coefficient (Wildman–Crippen LogP) is 6.13. The maximum Gasteiger partial charge on any atom is 0.192 e. The second-order valence-corrected chi connectivity index (χ2v) is 4.95. The van der Waals surface area contributed by atoms with E-state index in [4.69, 9.17) is 0 Å². The molecule has 0 amide bonds. The minimum absolute atomic E-state index is 0.101. The van der Waals surface area contributed by atoms with Gasteiger partial charge in [-0.15, -0.1) is 0 Å². The first-order valence-electron chi connectivity index (χ1n) is 7.26. The molecule has 0 saturated heterocycles. The van der Waals surface area contributed by atoms with Gasteiger partial charge in [0.25, 0.3) is 0 Å². The summed E-state index contributed by atoms with van der Waals surface area (Å²) in [5, 5.41) is 0. The predicted molar refractivity (Wildman–Crippen MR) is 96.4 cm³/mol. The Labute approximate surface area is 131 Å². The molecule has 0 spiro atoms. The van der Waals surface area contributed by atoms with Crippen LogP contribution >= 0.6 is 0 Å². The Morgan fingerprint density at radius 1 is 0.905 bits per heavy atom. The molecule has 0 aliphatic rings. The maximum absolute atomic E-state index is 12.3. The molecule has 0 bridgehead atoms. The zero-order valence-corrected chi connectivity index (χ0v) is 14.8. The van der Waals surface area contributed by atoms with Gasteiger partial charge >= 0.3 is 0 Å². The van der Waals surface area contributed by atoms with Crippen molar-refractivity contribution < 1.29 is 4.79 Å². The van der Waals surface area contributed by atoms with Crippen LogP contribution in [0.1, 0.15) is 48.5 Å². The number of ketones is 1. The lowest BCUT2D eigenvalue weighted by Gasteiger charge is -2.05. The largest absolute Gasteiger partial charge is 0.289 e. The molecule has 0 aromatic rings. The van der Waals surface area contributed by atoms with E-state index >= 15 is 0 Å². The average Bonchev–Trinajstić information content (AvgIpc) is 2.45. The maximum atomic E-state index is 12.3. The van der Waals surface area contributed by atoms with E-state index in [1.165, 1.54) is 5.57 Å². The molecule has 21 heavy (non-hydrogen) atoms. The second-order valence-electron chi connectivity index (χ2n) is 4.95. The molecule has 0 aliphatic heterocycles. The quantitative estimate of drug-likeness (QED) is 0.424. The third kappa shape index (κ3) is 8.09. The highest BCUT2D eigenvalue weighted by Crippen LogP contribution is 2.15. The minimum atomic E-state index is -0.101. The van der Waals surface area contributed by atoms with Crippen LogP contribution in [-0.4, -0.2) is 5.78 Å². The van der Waals surface area contributed by atoms with Gasteiger partial charge in [-0.3, -0.25) is 4.79 Å². The van der Waals surface area contributed by atoms with Crippen molar-refractivity contribution in [2.75, 3.05) is 0 Å². The molecule has 0 aromatic carbocycles. The molecule has 0 N–H and O–H groups in total. The summed E-state index contributed by atoms with van der Waals surface area (Å²) in [6.45, 7) is 25.2. The van der Waals surface area contributed by atoms with E-state index in [0.717, 1.165) is 16.7 Å². The highest BCUT2D eigenvalue weighted by molar-refractivity contribution is 6.11. The Balaban J connectivity index is 0. The van der Waals surface area contributed by atoms with Gasteiger partial charge in [0.15, 0.2) is 5.78 Å². The molecular formula is C20H30O. The van der Waals surface area contributed by atoms with Gasteiger partial charge in [-0.1, -0.05) is 56.4 Å². The van der Waals surface area contributed by atoms with Crippen LogP contribution in [0.2, 0.25) is 0 Å². The fourth-order valence-electron chi connectivity index (χ4n) is 1.23. The van der Waals surface area contributed by atoms with Crippen molar-refractivity contribution >= 4 is 5.78 Å². The SMILES string of the molecule is C=C/C(=C\C(C)=C(C)C)C(=O)C(=C)/C=C(/C)C(=C)C.CC. The van der Waals surface area contributed by atoms with E-state index in [1.807, 2.05) is 54.5 Å². The first-order chi connectivity index (χ1) is 9.70. The highest BCUT2D eigenvalue weighted by atomic mass is 16.1. The number of carbonyl (C=O) groups is 1. The lowest BCUT2D eigenvalue weighted by atomic mass is 9.98. The van der Waals surface area contributed by atoms with Crippen LogP contribution in [0.15, 0.2) is 71.4 Å². The van der Waals surface area contributed by atoms with E-state index < -0.39 is 0 Å². The van der Waals surface area contributed by atoms with Gasteiger partial charge in [-0.05, 0) is 52.3 Å². The van der Waals surface area contributed by atoms with Gasteiger partial charge in [0, 0.05) is 11.1 Å². The normalized spacial score (nSPS) is 11.0. The summed E-state index contributed by atoms with van der Waals surface area (Å²) < 4.78 is 0. The molecule has 1 nitrogen and oxygen atoms in total. The van der Waals surface area contributed by atoms with E-state index in [1.54, 1.807) is 12.2 Å². The Bertz CT molecular complexity index is 504. The summed E-state index contributed by atoms with van der Waals surface area (Å²) in [7, 11) is 0. The summed E-state index contributed by atoms with van der Waals surface area (Å²) >= 11 is 0. The van der Waals surface area contributed by atoms with Crippen LogP contribution < -0.4 is 0 Å². The molecule has 0 aromatic heterocycles. The molecule has 0 aliphatic carbocycles. The fourth-order valence-corrected chi connectivity index (χ4v) is 1.23. The van der Waals surface area contributed by atoms with Gasteiger partial charge in [-0.25, -0.2) is 0 Å². The van der Waals surface area contributed by atoms with Crippen LogP contribution in [0.3, 0.4) is 0 Å². The van der Waals surface area contributed by atoms with Gasteiger partial charge < -0.3 is 0 Å². The Morgan fingerprint density at radius 3 is 1.71 bits per heavy atom. The smallest absolute Gasteiger partial charge is 0.192 e. The summed E-state index contributed by atoms with van der Waals surface area (Å²) in [4.78, 5) is 12.3. The van der Waals surface area contributed by atoms with E-state index in [9.17, 15) is 4.79 Å². The Hall–Kier alpha value is -1.89. The van der Waals surface area contributed by atoms with Crippen LogP contribution in [0.25, 0.3) is 0 Å². The van der Waals surface area contributed by atoms with Crippen LogP contribution in [0.4, 0.5) is 0 Å². The Kier molecular flexibility index (Phi) is 11.1. The lowest BCUT2D eigenvalue weighted by molar-refractivity contribution is -0.111. The van der Waals surface area contributed by atoms with Gasteiger partial charge in [0.05, 0.1) is 0 Å². The lowest BCUT2D eigenvalue weighted by Crippen LogP contribution is -2.03. The van der Waals surface area contributed by atoms with Crippen molar-refractivity contribution in [1.82, 2.24) is 0 Å². The van der Waals surface area contributed by atoms with Crippen LogP contribution in [0.5, 0.6) is 0 Å². The molecule has 0 radical (unpaired) electrons. The molecule has 1 heteroatoms. The third-order valence-electron chi connectivity index (χ3n) is 3.00. The number of hydrogen-bond donors (Lipinski definition) is 0. The monoisotopic (exact) mass is 286 g/mol. The van der Waals surface area contributed by atoms with Crippen molar-refractivity contribution in [1.29, 1.82) is 0 Å². The zero-order chi connectivity index (χ0) is 17.2. The topological polar surface area (TPSA) is 17.1 Å². The summed E-state index contributed by atoms with van der Waals surface area (Å²) in [6, 6.07) is 0. The van der Waals surface area contributed by atoms with Crippen molar-refractivity contribution in [2.45, 2.75) is 48.5 Å². The van der Waals surface area contributed by atoms with E-state index in [2.05, 4.69) is 19.7 Å². The first kappa shape index (κ1) is 21.4. The molecule has 0 atom stereocenters. The molecule has 0 unspecified atom stereocenters. The number of carbonyl (C=O) groups excluding carboxylic acids is 1. The van der Waals surface area contributed by atoms with Crippen LogP contribution in [-0.2, 0) is 4.79 Å². The van der Waals surface area contributed by atoms with E-state index in [0.29, 0.717) is 11.1 Å². The van der Waals surface area contributed by atoms with Gasteiger partial charge in [0.2, 0.25) is 0 Å². The first-order valence-corrected chi connectivity index (χ1v) is 7.26. The van der Waals surface area contributed by atoms with E-state index in [-0.39, 0.29) is 5.78 Å². The second kappa shape index (κ2) is 10.8. The van der Waals surface area contributed by atoms with Gasteiger partial charge in [-0.2, -0.15) is 0 Å². The van der Waals surface area contributed by atoms with Crippen molar-refractivity contribution in [3.05, 3.63) is 71.4 Å². The summed E-state index contributed by atoms with van der Waals surface area (Å²) in [5.74, 6) is -0.101. The third-order valence-corrected chi connectivity index (χ3v) is 3.00. The zero-order valence-electron chi connectivity index (χ0n) is 14.8. The summed E-state index contributed by atoms with van der Waals surface area (Å²) in [6.07, 6.45) is 5.18. The van der Waals surface area contributed by atoms with Gasteiger partial charge in [0.1, 0.15) is 0 Å². The highest BCUT2D eigenvalue weighted by Gasteiger charge is 2.09. The molecule has 0 rings (SSSR count). The molecule has 0 saturated carbocycles. The summed E-state index contributed by atoms with van der Waals surface area (Å²) in [5.41, 5.74) is 5.14. The number of rotatable bonds is 6. The van der Waals surface area contributed by atoms with Crippen LogP contribution in [0, 0.1) is 0 Å². The number of allylic oxidation sites excluding steroid dienone is 9. The Morgan fingerprint density at radius 2 is 1.38 bits per heavy atom. The molecule has 0 heterocycles. The fraction of sp³-hybridized carbons (Fsp3) is 0.350.